The van der Waals surface area contributed by atoms with Crippen LogP contribution in [0.15, 0.2) is 41.9 Å². The van der Waals surface area contributed by atoms with Crippen LogP contribution >= 0.6 is 11.3 Å². The minimum atomic E-state index is 0.227. The summed E-state index contributed by atoms with van der Waals surface area (Å²) in [5, 5.41) is 2.13. The number of nitrogens with zero attached hydrogens (tertiary/aromatic N) is 1. The van der Waals surface area contributed by atoms with Gasteiger partial charge in [-0.3, -0.25) is 4.98 Å². The first kappa shape index (κ1) is 12.3. The van der Waals surface area contributed by atoms with Crippen LogP contribution in [0.25, 0.3) is 0 Å². The summed E-state index contributed by atoms with van der Waals surface area (Å²) in [6.45, 7) is 0. The Bertz CT molecular complexity index is 411. The van der Waals surface area contributed by atoms with Crippen LogP contribution < -0.4 is 5.73 Å². The fourth-order valence-electron chi connectivity index (χ4n) is 1.88. The Labute approximate surface area is 107 Å². The summed E-state index contributed by atoms with van der Waals surface area (Å²) in [5.74, 6) is 0. The van der Waals surface area contributed by atoms with Crippen molar-refractivity contribution in [3.05, 3.63) is 52.5 Å². The van der Waals surface area contributed by atoms with Crippen molar-refractivity contribution >= 4 is 11.3 Å². The van der Waals surface area contributed by atoms with Gasteiger partial charge in [0, 0.05) is 29.2 Å². The molecular formula is C14H18N2S. The first-order valence-corrected chi connectivity index (χ1v) is 6.90. The fraction of sp³-hybridized carbons (Fsp3) is 0.357. The molecule has 2 aromatic heterocycles. The zero-order chi connectivity index (χ0) is 11.9. The van der Waals surface area contributed by atoms with Gasteiger partial charge in [0.15, 0.2) is 0 Å². The summed E-state index contributed by atoms with van der Waals surface area (Å²) in [7, 11) is 0. The van der Waals surface area contributed by atoms with Gasteiger partial charge in [-0.25, -0.2) is 0 Å². The maximum Gasteiger partial charge on any atom is 0.0419 e. The van der Waals surface area contributed by atoms with Gasteiger partial charge in [0.25, 0.3) is 0 Å². The molecule has 17 heavy (non-hydrogen) atoms. The Morgan fingerprint density at radius 3 is 2.88 bits per heavy atom. The maximum atomic E-state index is 6.11. The van der Waals surface area contributed by atoms with Gasteiger partial charge in [-0.2, -0.15) is 0 Å². The zero-order valence-corrected chi connectivity index (χ0v) is 10.7. The predicted molar refractivity (Wildman–Crippen MR) is 73.2 cm³/mol. The fourth-order valence-corrected chi connectivity index (χ4v) is 2.63. The van der Waals surface area contributed by atoms with Crippen molar-refractivity contribution in [1.82, 2.24) is 4.98 Å². The van der Waals surface area contributed by atoms with Crippen LogP contribution in [0.4, 0.5) is 0 Å². The van der Waals surface area contributed by atoms with Crippen molar-refractivity contribution < 1.29 is 0 Å². The predicted octanol–water partition coefficient (Wildman–Crippen LogP) is 3.04. The van der Waals surface area contributed by atoms with E-state index in [1.54, 1.807) is 0 Å². The van der Waals surface area contributed by atoms with Crippen molar-refractivity contribution in [2.45, 2.75) is 31.7 Å². The molecule has 2 heterocycles. The SMILES string of the molecule is NC(CCCc1cccs1)Cc1ccccn1. The first-order valence-electron chi connectivity index (χ1n) is 6.02. The van der Waals surface area contributed by atoms with Crippen molar-refractivity contribution in [2.24, 2.45) is 5.73 Å². The molecule has 2 aromatic rings. The van der Waals surface area contributed by atoms with E-state index in [9.17, 15) is 0 Å². The summed E-state index contributed by atoms with van der Waals surface area (Å²) in [4.78, 5) is 5.75. The zero-order valence-electron chi connectivity index (χ0n) is 9.88. The van der Waals surface area contributed by atoms with Crippen LogP contribution in [-0.4, -0.2) is 11.0 Å². The van der Waals surface area contributed by atoms with Crippen LogP contribution in [0.2, 0.25) is 0 Å². The monoisotopic (exact) mass is 246 g/mol. The van der Waals surface area contributed by atoms with Gasteiger partial charge in [-0.15, -0.1) is 11.3 Å². The number of pyridine rings is 1. The number of nitrogens with two attached hydrogens (primary N) is 1. The minimum absolute atomic E-state index is 0.227. The Morgan fingerprint density at radius 2 is 2.18 bits per heavy atom. The molecule has 0 amide bonds. The molecule has 0 saturated carbocycles. The molecule has 90 valence electrons. The van der Waals surface area contributed by atoms with Gasteiger partial charge in [-0.05, 0) is 42.8 Å². The summed E-state index contributed by atoms with van der Waals surface area (Å²) in [6, 6.07) is 10.5. The average molecular weight is 246 g/mol. The van der Waals surface area contributed by atoms with Crippen molar-refractivity contribution in [3.8, 4) is 0 Å². The summed E-state index contributed by atoms with van der Waals surface area (Å²) in [6.07, 6.45) is 6.08. The van der Waals surface area contributed by atoms with E-state index in [0.29, 0.717) is 0 Å². The molecule has 2 N–H and O–H groups in total. The highest BCUT2D eigenvalue weighted by Crippen LogP contribution is 2.13. The van der Waals surface area contributed by atoms with Crippen LogP contribution in [0, 0.1) is 0 Å². The summed E-state index contributed by atoms with van der Waals surface area (Å²) in [5.41, 5.74) is 7.20. The molecule has 0 aromatic carbocycles. The molecule has 0 fully saturated rings. The lowest BCUT2D eigenvalue weighted by Gasteiger charge is -2.10. The molecule has 0 aliphatic rings. The highest BCUT2D eigenvalue weighted by Gasteiger charge is 2.05. The lowest BCUT2D eigenvalue weighted by molar-refractivity contribution is 0.576. The van der Waals surface area contributed by atoms with E-state index in [1.807, 2.05) is 35.7 Å². The molecule has 0 radical (unpaired) electrons. The molecule has 0 aliphatic carbocycles. The van der Waals surface area contributed by atoms with Crippen LogP contribution in [-0.2, 0) is 12.8 Å². The van der Waals surface area contributed by atoms with Crippen molar-refractivity contribution in [3.63, 3.8) is 0 Å². The van der Waals surface area contributed by atoms with Gasteiger partial charge >= 0.3 is 0 Å². The standard InChI is InChI=1S/C14H18N2S/c15-12(11-13-6-1-2-9-16-13)5-3-7-14-8-4-10-17-14/h1-2,4,6,8-10,12H,3,5,7,11,15H2. The molecule has 2 rings (SSSR count). The third kappa shape index (κ3) is 4.29. The average Bonchev–Trinajstić information content (AvgIpc) is 2.83. The topological polar surface area (TPSA) is 38.9 Å². The van der Waals surface area contributed by atoms with Crippen molar-refractivity contribution in [1.29, 1.82) is 0 Å². The van der Waals surface area contributed by atoms with Gasteiger partial charge in [0.1, 0.15) is 0 Å². The molecule has 0 saturated heterocycles. The highest BCUT2D eigenvalue weighted by molar-refractivity contribution is 7.09. The van der Waals surface area contributed by atoms with Gasteiger partial charge in [0.2, 0.25) is 0 Å². The van der Waals surface area contributed by atoms with E-state index in [2.05, 4.69) is 22.5 Å². The van der Waals surface area contributed by atoms with E-state index < -0.39 is 0 Å². The van der Waals surface area contributed by atoms with Crippen LogP contribution in [0.1, 0.15) is 23.4 Å². The van der Waals surface area contributed by atoms with E-state index >= 15 is 0 Å². The van der Waals surface area contributed by atoms with Crippen LogP contribution in [0.5, 0.6) is 0 Å². The lowest BCUT2D eigenvalue weighted by Crippen LogP contribution is -2.23. The van der Waals surface area contributed by atoms with E-state index in [1.165, 1.54) is 4.88 Å². The summed E-state index contributed by atoms with van der Waals surface area (Å²) < 4.78 is 0. The quantitative estimate of drug-likeness (QED) is 0.851. The number of hydrogen-bond acceptors (Lipinski definition) is 3. The number of hydrogen-bond donors (Lipinski definition) is 1. The number of rotatable bonds is 6. The molecule has 1 atom stereocenters. The largest absolute Gasteiger partial charge is 0.327 e. The summed E-state index contributed by atoms with van der Waals surface area (Å²) >= 11 is 1.83. The molecule has 0 spiro atoms. The Hall–Kier alpha value is -1.19. The van der Waals surface area contributed by atoms with Crippen LogP contribution in [0.3, 0.4) is 0 Å². The third-order valence-corrected chi connectivity index (χ3v) is 3.71. The van der Waals surface area contributed by atoms with Crippen molar-refractivity contribution in [2.75, 3.05) is 0 Å². The first-order chi connectivity index (χ1) is 8.34. The highest BCUT2D eigenvalue weighted by atomic mass is 32.1. The second-order valence-electron chi connectivity index (χ2n) is 4.26. The van der Waals surface area contributed by atoms with E-state index in [-0.39, 0.29) is 6.04 Å². The number of thiophene rings is 1. The smallest absolute Gasteiger partial charge is 0.0419 e. The second-order valence-corrected chi connectivity index (χ2v) is 5.29. The second kappa shape index (κ2) is 6.52. The Morgan fingerprint density at radius 1 is 1.24 bits per heavy atom. The molecule has 3 heteroatoms. The molecule has 2 nitrogen and oxygen atoms in total. The Kier molecular flexibility index (Phi) is 4.71. The van der Waals surface area contributed by atoms with Gasteiger partial charge in [0.05, 0.1) is 0 Å². The molecule has 0 bridgehead atoms. The van der Waals surface area contributed by atoms with E-state index in [0.717, 1.165) is 31.4 Å². The molecular weight excluding hydrogens is 228 g/mol. The number of aryl methyl sites for hydroxylation is 1. The maximum absolute atomic E-state index is 6.11. The molecule has 0 aliphatic heterocycles. The normalized spacial score (nSPS) is 12.5. The molecule has 1 unspecified atom stereocenters. The minimum Gasteiger partial charge on any atom is -0.327 e. The van der Waals surface area contributed by atoms with E-state index in [4.69, 9.17) is 5.73 Å². The lowest BCUT2D eigenvalue weighted by atomic mass is 10.0. The van der Waals surface area contributed by atoms with Gasteiger partial charge in [-0.1, -0.05) is 12.1 Å². The van der Waals surface area contributed by atoms with Gasteiger partial charge < -0.3 is 5.73 Å². The Balaban J connectivity index is 1.69. The number of aromatic nitrogens is 1. The third-order valence-electron chi connectivity index (χ3n) is 2.78.